The van der Waals surface area contributed by atoms with Crippen LogP contribution in [0.5, 0.6) is 0 Å². The second kappa shape index (κ2) is 13.4. The van der Waals surface area contributed by atoms with Crippen LogP contribution < -0.4 is 0 Å². The van der Waals surface area contributed by atoms with E-state index in [9.17, 15) is 13.2 Å². The van der Waals surface area contributed by atoms with Crippen molar-refractivity contribution in [1.82, 2.24) is 0 Å². The maximum Gasteiger partial charge on any atom is 0.194 e. The third-order valence-corrected chi connectivity index (χ3v) is 2.31. The predicted molar refractivity (Wildman–Crippen MR) is 89.6 cm³/mol. The van der Waals surface area contributed by atoms with Crippen LogP contribution in [-0.4, -0.2) is 0 Å². The van der Waals surface area contributed by atoms with E-state index >= 15 is 0 Å². The molecule has 0 atom stereocenters. The molecule has 0 heterocycles. The predicted octanol–water partition coefficient (Wildman–Crippen LogP) is 6.33. The Morgan fingerprint density at radius 2 is 1.13 bits per heavy atom. The van der Waals surface area contributed by atoms with Crippen molar-refractivity contribution in [1.29, 1.82) is 5.26 Å². The molecule has 0 spiro atoms. The molecule has 0 aliphatic rings. The summed E-state index contributed by atoms with van der Waals surface area (Å²) in [6.07, 6.45) is 0. The van der Waals surface area contributed by atoms with Gasteiger partial charge in [0.15, 0.2) is 17.5 Å². The van der Waals surface area contributed by atoms with Crippen LogP contribution in [0.1, 0.15) is 44.4 Å². The summed E-state index contributed by atoms with van der Waals surface area (Å²) in [5, 5.41) is 8.38. The highest BCUT2D eigenvalue weighted by Crippen LogP contribution is 2.11. The molecule has 0 radical (unpaired) electrons. The summed E-state index contributed by atoms with van der Waals surface area (Å²) < 4.78 is 36.6. The quantitative estimate of drug-likeness (QED) is 0.520. The van der Waals surface area contributed by atoms with Gasteiger partial charge in [-0.1, -0.05) is 45.4 Å². The first-order valence-corrected chi connectivity index (χ1v) is 7.52. The Kier molecular flexibility index (Phi) is 13.4. The van der Waals surface area contributed by atoms with E-state index in [0.29, 0.717) is 5.56 Å². The lowest BCUT2D eigenvalue weighted by atomic mass is 10.2. The standard InChI is InChI=1S/C8H7N.C7H5F3.2C2H6/c1-7-2-4-8(6-9)5-3-7;1-4-2-5(8)7(10)6(9)3-4;2*1-2/h2-5H,1H3;2-3H,1H3;2*1-2H3. The van der Waals surface area contributed by atoms with Crippen molar-refractivity contribution in [3.63, 3.8) is 0 Å². The first-order valence-electron chi connectivity index (χ1n) is 7.52. The number of nitrogens with zero attached hydrogens (tertiary/aromatic N) is 1. The van der Waals surface area contributed by atoms with Gasteiger partial charge in [-0.25, -0.2) is 13.2 Å². The number of hydrogen-bond acceptors (Lipinski definition) is 1. The second-order valence-electron chi connectivity index (χ2n) is 4.02. The molecule has 0 saturated heterocycles. The Morgan fingerprint density at radius 1 is 0.739 bits per heavy atom. The van der Waals surface area contributed by atoms with Gasteiger partial charge in [0.25, 0.3) is 0 Å². The molecule has 0 aromatic heterocycles. The Balaban J connectivity index is 0. The maximum absolute atomic E-state index is 12.2. The molecule has 0 fully saturated rings. The van der Waals surface area contributed by atoms with Crippen molar-refractivity contribution in [2.45, 2.75) is 41.5 Å². The van der Waals surface area contributed by atoms with Crippen molar-refractivity contribution >= 4 is 0 Å². The van der Waals surface area contributed by atoms with Crippen LogP contribution >= 0.6 is 0 Å². The molecule has 0 saturated carbocycles. The van der Waals surface area contributed by atoms with Gasteiger partial charge in [-0.2, -0.15) is 5.26 Å². The zero-order chi connectivity index (χ0) is 18.4. The van der Waals surface area contributed by atoms with Crippen LogP contribution in [0.3, 0.4) is 0 Å². The lowest BCUT2D eigenvalue weighted by molar-refractivity contribution is 0.446. The van der Waals surface area contributed by atoms with Gasteiger partial charge in [-0.3, -0.25) is 0 Å². The Hall–Kier alpha value is -2.28. The number of hydrogen-bond donors (Lipinski definition) is 0. The molecule has 2 aromatic rings. The fourth-order valence-corrected chi connectivity index (χ4v) is 1.31. The van der Waals surface area contributed by atoms with Crippen LogP contribution in [-0.2, 0) is 0 Å². The zero-order valence-electron chi connectivity index (χ0n) is 14.5. The zero-order valence-corrected chi connectivity index (χ0v) is 14.5. The van der Waals surface area contributed by atoms with Crippen molar-refractivity contribution in [2.75, 3.05) is 0 Å². The molecule has 126 valence electrons. The molecule has 2 aromatic carbocycles. The first kappa shape index (κ1) is 23.0. The smallest absolute Gasteiger partial charge is 0.194 e. The highest BCUT2D eigenvalue weighted by molar-refractivity contribution is 5.30. The summed E-state index contributed by atoms with van der Waals surface area (Å²) in [6, 6.07) is 11.4. The third-order valence-electron chi connectivity index (χ3n) is 2.31. The summed E-state index contributed by atoms with van der Waals surface area (Å²) >= 11 is 0. The van der Waals surface area contributed by atoms with Gasteiger partial charge in [0.1, 0.15) is 0 Å². The van der Waals surface area contributed by atoms with Gasteiger partial charge in [0.2, 0.25) is 0 Å². The van der Waals surface area contributed by atoms with Crippen molar-refractivity contribution < 1.29 is 13.2 Å². The maximum atomic E-state index is 12.2. The molecular weight excluding hydrogens is 299 g/mol. The van der Waals surface area contributed by atoms with Crippen molar-refractivity contribution in [2.24, 2.45) is 0 Å². The van der Waals surface area contributed by atoms with E-state index in [1.165, 1.54) is 12.5 Å². The first-order chi connectivity index (χ1) is 10.9. The molecule has 2 rings (SSSR count). The number of nitriles is 1. The topological polar surface area (TPSA) is 23.8 Å². The molecule has 0 aliphatic carbocycles. The van der Waals surface area contributed by atoms with Crippen LogP contribution in [0.4, 0.5) is 13.2 Å². The number of rotatable bonds is 0. The SMILES string of the molecule is CC.CC.Cc1cc(F)c(F)c(F)c1.Cc1ccc(C#N)cc1. The molecule has 0 N–H and O–H groups in total. The second-order valence-corrected chi connectivity index (χ2v) is 4.02. The van der Waals surface area contributed by atoms with Gasteiger partial charge >= 0.3 is 0 Å². The molecule has 0 bridgehead atoms. The molecule has 0 unspecified atom stereocenters. The third kappa shape index (κ3) is 9.36. The number of benzene rings is 2. The minimum Gasteiger partial charge on any atom is -0.204 e. The van der Waals surface area contributed by atoms with Gasteiger partial charge in [-0.15, -0.1) is 0 Å². The lowest BCUT2D eigenvalue weighted by Crippen LogP contribution is -1.90. The van der Waals surface area contributed by atoms with E-state index in [4.69, 9.17) is 5.26 Å². The summed E-state index contributed by atoms with van der Waals surface area (Å²) in [5.74, 6) is -3.69. The summed E-state index contributed by atoms with van der Waals surface area (Å²) in [5.41, 5.74) is 2.28. The number of aryl methyl sites for hydroxylation is 2. The number of halogens is 3. The van der Waals surface area contributed by atoms with Gasteiger partial charge < -0.3 is 0 Å². The largest absolute Gasteiger partial charge is 0.204 e. The molecule has 23 heavy (non-hydrogen) atoms. The monoisotopic (exact) mass is 323 g/mol. The molecule has 0 aliphatic heterocycles. The average Bonchev–Trinajstić information content (AvgIpc) is 2.57. The fraction of sp³-hybridized carbons (Fsp3) is 0.316. The van der Waals surface area contributed by atoms with E-state index in [1.807, 2.05) is 58.9 Å². The van der Waals surface area contributed by atoms with E-state index in [2.05, 4.69) is 6.07 Å². The van der Waals surface area contributed by atoms with E-state index in [0.717, 1.165) is 17.7 Å². The Labute approximate surface area is 137 Å². The van der Waals surface area contributed by atoms with Gasteiger partial charge in [-0.05, 0) is 43.7 Å². The molecular formula is C19H24F3N. The van der Waals surface area contributed by atoms with Crippen LogP contribution in [0.15, 0.2) is 36.4 Å². The highest BCUT2D eigenvalue weighted by atomic mass is 19.2. The molecule has 0 amide bonds. The molecule has 1 nitrogen and oxygen atoms in total. The van der Waals surface area contributed by atoms with Gasteiger partial charge in [0, 0.05) is 0 Å². The van der Waals surface area contributed by atoms with E-state index in [-0.39, 0.29) is 0 Å². The minimum atomic E-state index is -1.41. The summed E-state index contributed by atoms with van der Waals surface area (Å²) in [4.78, 5) is 0. The van der Waals surface area contributed by atoms with Crippen LogP contribution in [0, 0.1) is 42.6 Å². The van der Waals surface area contributed by atoms with E-state index in [1.54, 1.807) is 0 Å². The van der Waals surface area contributed by atoms with Crippen molar-refractivity contribution in [3.05, 3.63) is 70.5 Å². The fourth-order valence-electron chi connectivity index (χ4n) is 1.31. The van der Waals surface area contributed by atoms with Crippen molar-refractivity contribution in [3.8, 4) is 6.07 Å². The Morgan fingerprint density at radius 3 is 1.48 bits per heavy atom. The van der Waals surface area contributed by atoms with Crippen LogP contribution in [0.2, 0.25) is 0 Å². The summed E-state index contributed by atoms with van der Waals surface area (Å²) in [7, 11) is 0. The summed E-state index contributed by atoms with van der Waals surface area (Å²) in [6.45, 7) is 11.5. The van der Waals surface area contributed by atoms with Crippen LogP contribution in [0.25, 0.3) is 0 Å². The average molecular weight is 323 g/mol. The highest BCUT2D eigenvalue weighted by Gasteiger charge is 2.07. The lowest BCUT2D eigenvalue weighted by Gasteiger charge is -1.95. The minimum absolute atomic E-state index is 0.372. The van der Waals surface area contributed by atoms with Gasteiger partial charge in [0.05, 0.1) is 11.6 Å². The molecule has 4 heteroatoms. The normalized spacial score (nSPS) is 8.17. The van der Waals surface area contributed by atoms with E-state index < -0.39 is 17.5 Å². The Bertz CT molecular complexity index is 576.